The molecule has 1 heterocycles. The van der Waals surface area contributed by atoms with Gasteiger partial charge >= 0.3 is 0 Å². The fourth-order valence-corrected chi connectivity index (χ4v) is 3.02. The third kappa shape index (κ3) is 3.20. The minimum Gasteiger partial charge on any atom is -0.355 e. The minimum atomic E-state index is -3.76. The molecule has 0 spiro atoms. The molecule has 22 heavy (non-hydrogen) atoms. The largest absolute Gasteiger partial charge is 0.355 e. The lowest BCUT2D eigenvalue weighted by molar-refractivity contribution is 0.0963. The first-order chi connectivity index (χ1) is 10.4. The first kappa shape index (κ1) is 16.3. The third-order valence-electron chi connectivity index (χ3n) is 3.04. The van der Waals surface area contributed by atoms with Crippen molar-refractivity contribution in [3.05, 3.63) is 53.2 Å². The van der Waals surface area contributed by atoms with Crippen LogP contribution in [0.2, 0.25) is 5.02 Å². The van der Waals surface area contributed by atoms with E-state index in [0.717, 1.165) is 4.31 Å². The Morgan fingerprint density at radius 1 is 1.18 bits per heavy atom. The van der Waals surface area contributed by atoms with Crippen LogP contribution in [0.15, 0.2) is 47.5 Å². The first-order valence-electron chi connectivity index (χ1n) is 6.29. The number of nitrogens with zero attached hydrogens (tertiary/aromatic N) is 2. The average Bonchev–Trinajstić information content (AvgIpc) is 2.54. The van der Waals surface area contributed by atoms with E-state index in [1.807, 2.05) is 0 Å². The van der Waals surface area contributed by atoms with Gasteiger partial charge in [0.2, 0.25) is 0 Å². The number of sulfonamides is 1. The van der Waals surface area contributed by atoms with Gasteiger partial charge in [-0.25, -0.2) is 13.4 Å². The maximum Gasteiger partial charge on any atom is 0.265 e. The number of carbonyl (C=O) groups is 1. The number of benzene rings is 1. The summed E-state index contributed by atoms with van der Waals surface area (Å²) in [6.45, 7) is 0. The van der Waals surface area contributed by atoms with Crippen molar-refractivity contribution in [1.29, 1.82) is 0 Å². The molecule has 1 amide bonds. The number of carbonyl (C=O) groups excluding carboxylic acids is 1. The van der Waals surface area contributed by atoms with E-state index in [2.05, 4.69) is 10.3 Å². The van der Waals surface area contributed by atoms with E-state index in [4.69, 9.17) is 11.6 Å². The fraction of sp³-hybridized carbons (Fsp3) is 0.143. The van der Waals surface area contributed by atoms with Crippen LogP contribution in [0.5, 0.6) is 0 Å². The number of halogens is 1. The summed E-state index contributed by atoms with van der Waals surface area (Å²) in [5.74, 6) is -0.0311. The molecule has 2 rings (SSSR count). The van der Waals surface area contributed by atoms with Crippen LogP contribution in [0.3, 0.4) is 0 Å². The molecule has 0 saturated heterocycles. The fourth-order valence-electron chi connectivity index (χ4n) is 1.76. The number of rotatable bonds is 4. The molecule has 0 saturated carbocycles. The van der Waals surface area contributed by atoms with Gasteiger partial charge in [-0.2, -0.15) is 0 Å². The van der Waals surface area contributed by atoms with Crippen LogP contribution in [-0.2, 0) is 10.0 Å². The van der Waals surface area contributed by atoms with E-state index >= 15 is 0 Å². The van der Waals surface area contributed by atoms with Crippen molar-refractivity contribution in [3.63, 3.8) is 0 Å². The number of amides is 1. The highest BCUT2D eigenvalue weighted by Gasteiger charge is 2.22. The molecule has 0 aliphatic carbocycles. The second-order valence-corrected chi connectivity index (χ2v) is 6.82. The number of hydrogen-bond donors (Lipinski definition) is 1. The molecular weight excluding hydrogens is 326 g/mol. The Labute approximate surface area is 133 Å². The Kier molecular flexibility index (Phi) is 4.68. The molecule has 0 aliphatic heterocycles. The smallest absolute Gasteiger partial charge is 0.265 e. The van der Waals surface area contributed by atoms with E-state index in [1.165, 1.54) is 50.6 Å². The van der Waals surface area contributed by atoms with E-state index in [9.17, 15) is 13.2 Å². The van der Waals surface area contributed by atoms with Crippen molar-refractivity contribution >= 4 is 33.3 Å². The van der Waals surface area contributed by atoms with Gasteiger partial charge < -0.3 is 5.32 Å². The molecule has 1 aromatic carbocycles. The second kappa shape index (κ2) is 6.33. The molecule has 0 aliphatic rings. The minimum absolute atomic E-state index is 0.0689. The topological polar surface area (TPSA) is 79.4 Å². The summed E-state index contributed by atoms with van der Waals surface area (Å²) in [4.78, 5) is 15.5. The Morgan fingerprint density at radius 2 is 1.82 bits per heavy atom. The Morgan fingerprint density at radius 3 is 2.32 bits per heavy atom. The highest BCUT2D eigenvalue weighted by molar-refractivity contribution is 7.92. The number of anilines is 1. The molecule has 0 bridgehead atoms. The standard InChI is InChI=1S/C14H14ClN3O3S/c1-16-14(19)10-3-6-12(7-4-10)22(20,21)18(2)13-8-5-11(15)9-17-13/h3-9H,1-2H3,(H,16,19). The zero-order valence-corrected chi connectivity index (χ0v) is 13.5. The number of pyridine rings is 1. The molecule has 2 aromatic rings. The summed E-state index contributed by atoms with van der Waals surface area (Å²) in [6.07, 6.45) is 1.37. The molecule has 0 atom stereocenters. The molecule has 6 nitrogen and oxygen atoms in total. The van der Waals surface area contributed by atoms with Gasteiger partial charge in [-0.1, -0.05) is 11.6 Å². The summed E-state index contributed by atoms with van der Waals surface area (Å²) in [5.41, 5.74) is 0.383. The van der Waals surface area contributed by atoms with Crippen molar-refractivity contribution in [1.82, 2.24) is 10.3 Å². The van der Waals surface area contributed by atoms with Gasteiger partial charge in [-0.05, 0) is 36.4 Å². The van der Waals surface area contributed by atoms with E-state index in [0.29, 0.717) is 10.6 Å². The van der Waals surface area contributed by atoms with Gasteiger partial charge in [-0.15, -0.1) is 0 Å². The number of hydrogen-bond acceptors (Lipinski definition) is 4. The quantitative estimate of drug-likeness (QED) is 0.923. The van der Waals surface area contributed by atoms with Gasteiger partial charge in [0.05, 0.1) is 9.92 Å². The maximum atomic E-state index is 12.5. The lowest BCUT2D eigenvalue weighted by atomic mass is 10.2. The van der Waals surface area contributed by atoms with Crippen LogP contribution >= 0.6 is 11.6 Å². The van der Waals surface area contributed by atoms with Crippen molar-refractivity contribution in [2.24, 2.45) is 0 Å². The first-order valence-corrected chi connectivity index (χ1v) is 8.10. The summed E-state index contributed by atoms with van der Waals surface area (Å²) in [6, 6.07) is 8.74. The monoisotopic (exact) mass is 339 g/mol. The molecule has 0 fully saturated rings. The zero-order chi connectivity index (χ0) is 16.3. The Bertz CT molecular complexity index is 774. The Balaban J connectivity index is 2.33. The molecule has 1 N–H and O–H groups in total. The molecule has 8 heteroatoms. The summed E-state index contributed by atoms with van der Waals surface area (Å²) < 4.78 is 26.1. The summed E-state index contributed by atoms with van der Waals surface area (Å²) >= 11 is 5.74. The molecular formula is C14H14ClN3O3S. The van der Waals surface area contributed by atoms with Gasteiger partial charge in [0.1, 0.15) is 5.82 Å². The normalized spacial score (nSPS) is 11.0. The molecule has 0 radical (unpaired) electrons. The van der Waals surface area contributed by atoms with Crippen LogP contribution in [0.1, 0.15) is 10.4 Å². The molecule has 0 unspecified atom stereocenters. The predicted octanol–water partition coefficient (Wildman–Crippen LogP) is 1.92. The van der Waals surface area contributed by atoms with Gasteiger partial charge in [-0.3, -0.25) is 9.10 Å². The van der Waals surface area contributed by atoms with Crippen molar-refractivity contribution < 1.29 is 13.2 Å². The van der Waals surface area contributed by atoms with Crippen LogP contribution in [0.25, 0.3) is 0 Å². The predicted molar refractivity (Wildman–Crippen MR) is 84.7 cm³/mol. The maximum absolute atomic E-state index is 12.5. The van der Waals surface area contributed by atoms with Crippen LogP contribution in [0.4, 0.5) is 5.82 Å². The SMILES string of the molecule is CNC(=O)c1ccc(S(=O)(=O)N(C)c2ccc(Cl)cn2)cc1. The number of aromatic nitrogens is 1. The highest BCUT2D eigenvalue weighted by Crippen LogP contribution is 2.21. The number of nitrogens with one attached hydrogen (secondary N) is 1. The van der Waals surface area contributed by atoms with E-state index in [1.54, 1.807) is 6.07 Å². The average molecular weight is 340 g/mol. The van der Waals surface area contributed by atoms with E-state index in [-0.39, 0.29) is 16.6 Å². The second-order valence-electron chi connectivity index (χ2n) is 4.41. The zero-order valence-electron chi connectivity index (χ0n) is 11.9. The Hall–Kier alpha value is -2.12. The van der Waals surface area contributed by atoms with E-state index < -0.39 is 10.0 Å². The summed E-state index contributed by atoms with van der Waals surface area (Å²) in [7, 11) is -0.850. The highest BCUT2D eigenvalue weighted by atomic mass is 35.5. The summed E-state index contributed by atoms with van der Waals surface area (Å²) in [5, 5.41) is 2.89. The van der Waals surface area contributed by atoms with Crippen LogP contribution in [-0.4, -0.2) is 33.4 Å². The molecule has 1 aromatic heterocycles. The molecule has 116 valence electrons. The van der Waals surface area contributed by atoms with Gasteiger partial charge in [0.25, 0.3) is 15.9 Å². The van der Waals surface area contributed by atoms with Gasteiger partial charge in [0.15, 0.2) is 0 Å². The van der Waals surface area contributed by atoms with Crippen LogP contribution < -0.4 is 9.62 Å². The lowest BCUT2D eigenvalue weighted by Gasteiger charge is -2.18. The van der Waals surface area contributed by atoms with Crippen molar-refractivity contribution in [2.45, 2.75) is 4.90 Å². The lowest BCUT2D eigenvalue weighted by Crippen LogP contribution is -2.27. The third-order valence-corrected chi connectivity index (χ3v) is 5.04. The van der Waals surface area contributed by atoms with Crippen molar-refractivity contribution in [2.75, 3.05) is 18.4 Å². The van der Waals surface area contributed by atoms with Crippen LogP contribution in [0, 0.1) is 0 Å². The van der Waals surface area contributed by atoms with Crippen molar-refractivity contribution in [3.8, 4) is 0 Å². The van der Waals surface area contributed by atoms with Gasteiger partial charge in [0, 0.05) is 25.9 Å².